The molecular weight excluding hydrogens is 247 g/mol. The molecule has 0 N–H and O–H groups in total. The van der Waals surface area contributed by atoms with Gasteiger partial charge >= 0.3 is 23.1 Å². The van der Waals surface area contributed by atoms with Gasteiger partial charge in [-0.3, -0.25) is 0 Å². The van der Waals surface area contributed by atoms with E-state index in [-0.39, 0.29) is 45.4 Å². The van der Waals surface area contributed by atoms with Gasteiger partial charge in [0.2, 0.25) is 0 Å². The topological polar surface area (TPSA) is 0 Å². The molecule has 0 heterocycles. The summed E-state index contributed by atoms with van der Waals surface area (Å²) in [4.78, 5) is 0. The fourth-order valence-corrected chi connectivity index (χ4v) is 0.905. The third kappa shape index (κ3) is 20.0. The Labute approximate surface area is 127 Å². The fourth-order valence-electron chi connectivity index (χ4n) is 0.905. The van der Waals surface area contributed by atoms with Gasteiger partial charge in [-0.1, -0.05) is 32.3 Å². The van der Waals surface area contributed by atoms with Crippen LogP contribution < -0.4 is 0 Å². The molecule has 0 radical (unpaired) electrons. The summed E-state index contributed by atoms with van der Waals surface area (Å²) in [5, 5.41) is 0. The summed E-state index contributed by atoms with van der Waals surface area (Å²) in [5.74, 6) is 0. The van der Waals surface area contributed by atoms with E-state index < -0.39 is 0 Å². The molecule has 90 valence electrons. The minimum absolute atomic E-state index is 0. The van der Waals surface area contributed by atoms with Gasteiger partial charge in [-0.25, -0.2) is 0 Å². The van der Waals surface area contributed by atoms with E-state index in [2.05, 4.69) is 20.8 Å². The van der Waals surface area contributed by atoms with E-state index in [4.69, 9.17) is 0 Å². The van der Waals surface area contributed by atoms with Crippen molar-refractivity contribution in [2.24, 2.45) is 0 Å². The number of hydrogen-bond donors (Lipinski definition) is 0. The smallest absolute Gasteiger partial charge is 0.343 e. The Bertz CT molecular complexity index is 188. The molecule has 16 heavy (non-hydrogen) atoms. The van der Waals surface area contributed by atoms with E-state index in [1.54, 1.807) is 0 Å². The fraction of sp³-hybridized carbons (Fsp3) is 0.385. The van der Waals surface area contributed by atoms with Crippen LogP contribution in [0.25, 0.3) is 0 Å². The van der Waals surface area contributed by atoms with Crippen molar-refractivity contribution in [2.45, 2.75) is 32.6 Å². The van der Waals surface area contributed by atoms with Gasteiger partial charge in [-0.15, -0.1) is 24.5 Å². The molecule has 0 saturated heterocycles. The summed E-state index contributed by atoms with van der Waals surface area (Å²) in [6.45, 7) is 9.65. The summed E-state index contributed by atoms with van der Waals surface area (Å²) < 4.78 is 0. The molecule has 0 aliphatic rings. The second-order valence-electron chi connectivity index (χ2n) is 3.05. The van der Waals surface area contributed by atoms with Gasteiger partial charge in [-0.05, 0) is 0 Å². The first-order chi connectivity index (χ1) is 6.31. The molecule has 1 aromatic carbocycles. The third-order valence-electron chi connectivity index (χ3n) is 1.70. The summed E-state index contributed by atoms with van der Waals surface area (Å²) in [7, 11) is 0. The van der Waals surface area contributed by atoms with Gasteiger partial charge in [0.1, 0.15) is 0 Å². The molecule has 1 unspecified atom stereocenters. The van der Waals surface area contributed by atoms with E-state index in [0.717, 1.165) is 12.0 Å². The van der Waals surface area contributed by atoms with Crippen molar-refractivity contribution in [1.82, 2.24) is 0 Å². The van der Waals surface area contributed by atoms with Crippen LogP contribution in [-0.2, 0) is 0 Å². The molecule has 1 rings (SSSR count). The molecule has 3 heteroatoms. The summed E-state index contributed by atoms with van der Waals surface area (Å²) in [5.41, 5.74) is 1.07. The normalized spacial score (nSPS) is 7.12. The minimum atomic E-state index is 0. The van der Waals surface area contributed by atoms with Crippen LogP contribution in [0.1, 0.15) is 38.2 Å². The second-order valence-corrected chi connectivity index (χ2v) is 3.05. The van der Waals surface area contributed by atoms with Gasteiger partial charge in [0.25, 0.3) is 0 Å². The molecule has 0 bridgehead atoms. The van der Waals surface area contributed by atoms with Crippen molar-refractivity contribution in [3.8, 4) is 0 Å². The van der Waals surface area contributed by atoms with Crippen LogP contribution in [0.5, 0.6) is 0 Å². The maximum atomic E-state index is 3.72. The molecule has 0 aromatic heterocycles. The van der Waals surface area contributed by atoms with E-state index in [1.807, 2.05) is 30.3 Å². The van der Waals surface area contributed by atoms with Crippen molar-refractivity contribution in [3.05, 3.63) is 49.7 Å². The average Bonchev–Trinajstić information content (AvgIpc) is 2.17. The van der Waals surface area contributed by atoms with Gasteiger partial charge in [0.15, 0.2) is 0 Å². The number of rotatable bonds is 3. The van der Waals surface area contributed by atoms with Crippen molar-refractivity contribution >= 4 is 45.4 Å². The van der Waals surface area contributed by atoms with Gasteiger partial charge in [-0.2, -0.15) is 40.9 Å². The minimum Gasteiger partial charge on any atom is -0.343 e. The standard InChI is InChI=1S/C7H7.C6H13.ClH.Mg.H3P/c1-7-5-3-2-4-6-7;1-3-5-6-4-2;;;/h2-6H,1H2;1,3-6H2,2H3;1H;;1H3/q2*-1;;+2;. The predicted octanol–water partition coefficient (Wildman–Crippen LogP) is 4.37. The second kappa shape index (κ2) is 20.9. The molecule has 1 atom stereocenters. The van der Waals surface area contributed by atoms with Crippen LogP contribution >= 0.6 is 22.3 Å². The van der Waals surface area contributed by atoms with Crippen molar-refractivity contribution in [3.63, 3.8) is 0 Å². The van der Waals surface area contributed by atoms with Crippen LogP contribution in [0.15, 0.2) is 30.3 Å². The summed E-state index contributed by atoms with van der Waals surface area (Å²) >= 11 is 0. The molecule has 0 fully saturated rings. The summed E-state index contributed by atoms with van der Waals surface area (Å²) in [6.07, 6.45) is 5.07. The molecule has 1 aromatic rings. The first-order valence-corrected chi connectivity index (χ1v) is 4.97. The summed E-state index contributed by atoms with van der Waals surface area (Å²) in [6, 6.07) is 9.87. The Morgan fingerprint density at radius 2 is 1.56 bits per heavy atom. The molecule has 0 amide bonds. The largest absolute Gasteiger partial charge is 2.00 e. The van der Waals surface area contributed by atoms with Crippen molar-refractivity contribution < 1.29 is 0 Å². The Kier molecular flexibility index (Phi) is 33.3. The van der Waals surface area contributed by atoms with Crippen LogP contribution in [-0.4, -0.2) is 23.1 Å². The molecule has 0 aliphatic heterocycles. The van der Waals surface area contributed by atoms with Crippen LogP contribution in [0.2, 0.25) is 0 Å². The van der Waals surface area contributed by atoms with Crippen LogP contribution in [0.4, 0.5) is 0 Å². The molecule has 0 saturated carbocycles. The zero-order valence-electron chi connectivity index (χ0n) is 10.5. The maximum Gasteiger partial charge on any atom is 2.00 e. The molecule has 0 spiro atoms. The first-order valence-electron chi connectivity index (χ1n) is 4.97. The number of benzene rings is 1. The quantitative estimate of drug-likeness (QED) is 0.331. The Balaban J connectivity index is -0.0000000767. The van der Waals surface area contributed by atoms with Crippen molar-refractivity contribution in [2.75, 3.05) is 0 Å². The van der Waals surface area contributed by atoms with Crippen LogP contribution in [0, 0.1) is 13.8 Å². The van der Waals surface area contributed by atoms with Gasteiger partial charge in [0.05, 0.1) is 0 Å². The monoisotopic (exact) mass is 270 g/mol. The van der Waals surface area contributed by atoms with Gasteiger partial charge < -0.3 is 6.92 Å². The van der Waals surface area contributed by atoms with Crippen molar-refractivity contribution in [1.29, 1.82) is 0 Å². The Morgan fingerprint density at radius 3 is 1.75 bits per heavy atom. The molecular formula is C13H24ClMgP. The SMILES string of the molecule is Cl.P.[CH2-]CCCCC.[CH2-]c1ccccc1.[Mg+2]. The zero-order valence-corrected chi connectivity index (χ0v) is 14.1. The predicted molar refractivity (Wildman–Crippen MR) is 84.5 cm³/mol. The van der Waals surface area contributed by atoms with E-state index in [0.29, 0.717) is 0 Å². The maximum absolute atomic E-state index is 3.72. The van der Waals surface area contributed by atoms with E-state index in [1.165, 1.54) is 19.3 Å². The van der Waals surface area contributed by atoms with E-state index in [9.17, 15) is 0 Å². The van der Waals surface area contributed by atoms with E-state index >= 15 is 0 Å². The molecule has 0 nitrogen and oxygen atoms in total. The zero-order chi connectivity index (χ0) is 9.94. The van der Waals surface area contributed by atoms with Gasteiger partial charge in [0, 0.05) is 0 Å². The number of unbranched alkanes of at least 4 members (excludes halogenated alkanes) is 3. The third-order valence-corrected chi connectivity index (χ3v) is 1.70. The average molecular weight is 271 g/mol. The Hall–Kier alpha value is 0.576. The first kappa shape index (κ1) is 25.4. The number of hydrogen-bond acceptors (Lipinski definition) is 0. The Morgan fingerprint density at radius 1 is 1.06 bits per heavy atom. The molecule has 0 aliphatic carbocycles. The number of halogens is 1. The van der Waals surface area contributed by atoms with Crippen LogP contribution in [0.3, 0.4) is 0 Å².